The minimum Gasteiger partial charge on any atom is -0.398 e. The molecule has 128 valence electrons. The smallest absolute Gasteiger partial charge is 0.225 e. The first kappa shape index (κ1) is 16.4. The summed E-state index contributed by atoms with van der Waals surface area (Å²) in [5.74, 6) is 0.584. The maximum Gasteiger partial charge on any atom is 0.225 e. The van der Waals surface area contributed by atoms with Crippen LogP contribution in [-0.4, -0.2) is 44.2 Å². The molecule has 1 fully saturated rings. The lowest BCUT2D eigenvalue weighted by molar-refractivity contribution is 0.198. The number of rotatable bonds is 3. The van der Waals surface area contributed by atoms with Crippen molar-refractivity contribution in [1.29, 1.82) is 0 Å². The van der Waals surface area contributed by atoms with Crippen molar-refractivity contribution in [1.82, 2.24) is 19.9 Å². The Bertz CT molecular complexity index is 904. The number of aliphatic hydroxyl groups excluding tert-OH is 1. The third kappa shape index (κ3) is 3.22. The van der Waals surface area contributed by atoms with Crippen LogP contribution >= 0.6 is 27.3 Å². The number of nitrogen functional groups attached to an aromatic ring is 1. The number of thiazole rings is 1. The van der Waals surface area contributed by atoms with Gasteiger partial charge >= 0.3 is 0 Å². The summed E-state index contributed by atoms with van der Waals surface area (Å²) in [6.45, 7) is 1.28. The fraction of sp³-hybridized carbons (Fsp3) is 0.250. The van der Waals surface area contributed by atoms with E-state index in [1.54, 1.807) is 24.5 Å². The summed E-state index contributed by atoms with van der Waals surface area (Å²) in [6, 6.07) is 3.60. The lowest BCUT2D eigenvalue weighted by atomic mass is 10.2. The van der Waals surface area contributed by atoms with Crippen LogP contribution in [0, 0.1) is 0 Å². The van der Waals surface area contributed by atoms with Gasteiger partial charge in [-0.2, -0.15) is 0 Å². The summed E-state index contributed by atoms with van der Waals surface area (Å²) < 4.78 is 0.693. The molecule has 1 aliphatic rings. The molecule has 0 aliphatic carbocycles. The van der Waals surface area contributed by atoms with Crippen molar-refractivity contribution >= 4 is 38.9 Å². The van der Waals surface area contributed by atoms with E-state index in [0.717, 1.165) is 18.0 Å². The predicted octanol–water partition coefficient (Wildman–Crippen LogP) is 2.58. The predicted molar refractivity (Wildman–Crippen MR) is 101 cm³/mol. The Labute approximate surface area is 156 Å². The lowest BCUT2D eigenvalue weighted by Crippen LogP contribution is -2.23. The lowest BCUT2D eigenvalue weighted by Gasteiger charge is -2.16. The standard InChI is InChI=1S/C16H15BrN6OS/c17-13-10(18)7-12(15-19-4-6-25-15)21-14(13)11-1-3-20-16(22-11)23-5-2-9(24)8-23/h1,3-4,6-7,9,24H,2,5,8H2,(H2,18,21)/t9-/m1/s1. The Morgan fingerprint density at radius 3 is 2.84 bits per heavy atom. The van der Waals surface area contributed by atoms with Gasteiger partial charge in [0.05, 0.1) is 22.0 Å². The second kappa shape index (κ2) is 6.66. The van der Waals surface area contributed by atoms with Crippen LogP contribution in [0.25, 0.3) is 22.1 Å². The summed E-state index contributed by atoms with van der Waals surface area (Å²) in [6.07, 6.45) is 3.83. The molecule has 0 saturated carbocycles. The highest BCUT2D eigenvalue weighted by Crippen LogP contribution is 2.34. The molecule has 0 aromatic carbocycles. The maximum atomic E-state index is 9.73. The van der Waals surface area contributed by atoms with Crippen molar-refractivity contribution in [2.45, 2.75) is 12.5 Å². The number of aliphatic hydroxyl groups is 1. The molecule has 7 nitrogen and oxygen atoms in total. The largest absolute Gasteiger partial charge is 0.398 e. The van der Waals surface area contributed by atoms with E-state index in [0.29, 0.717) is 39.7 Å². The number of β-amino-alcohol motifs (C(OH)–C–C–N with tert-alkyl or cyclic N) is 1. The van der Waals surface area contributed by atoms with Crippen LogP contribution in [0.2, 0.25) is 0 Å². The molecule has 9 heteroatoms. The van der Waals surface area contributed by atoms with Gasteiger partial charge in [-0.1, -0.05) is 0 Å². The number of hydrogen-bond donors (Lipinski definition) is 2. The van der Waals surface area contributed by atoms with Crippen LogP contribution in [0.5, 0.6) is 0 Å². The first-order valence-electron chi connectivity index (χ1n) is 7.74. The Hall–Kier alpha value is -2.10. The van der Waals surface area contributed by atoms with Crippen LogP contribution < -0.4 is 10.6 Å². The maximum absolute atomic E-state index is 9.73. The van der Waals surface area contributed by atoms with E-state index in [-0.39, 0.29) is 6.10 Å². The van der Waals surface area contributed by atoms with Crippen LogP contribution in [0.4, 0.5) is 11.6 Å². The van der Waals surface area contributed by atoms with Crippen LogP contribution in [0.15, 0.2) is 34.4 Å². The molecule has 1 atom stereocenters. The molecule has 0 amide bonds. The van der Waals surface area contributed by atoms with E-state index in [1.165, 1.54) is 11.3 Å². The van der Waals surface area contributed by atoms with Crippen LogP contribution in [0.3, 0.4) is 0 Å². The summed E-state index contributed by atoms with van der Waals surface area (Å²) >= 11 is 5.02. The average Bonchev–Trinajstić information content (AvgIpc) is 3.29. The van der Waals surface area contributed by atoms with Gasteiger partial charge in [0.15, 0.2) is 0 Å². The van der Waals surface area contributed by atoms with Crippen LogP contribution in [0.1, 0.15) is 6.42 Å². The van der Waals surface area contributed by atoms with E-state index in [4.69, 9.17) is 10.7 Å². The minimum absolute atomic E-state index is 0.332. The number of nitrogens with zero attached hydrogens (tertiary/aromatic N) is 5. The van der Waals surface area contributed by atoms with Gasteiger partial charge in [-0.15, -0.1) is 11.3 Å². The first-order chi connectivity index (χ1) is 12.1. The molecule has 4 heterocycles. The summed E-state index contributed by atoms with van der Waals surface area (Å²) in [4.78, 5) is 19.9. The molecule has 25 heavy (non-hydrogen) atoms. The highest BCUT2D eigenvalue weighted by molar-refractivity contribution is 9.10. The highest BCUT2D eigenvalue weighted by Gasteiger charge is 2.23. The summed E-state index contributed by atoms with van der Waals surface area (Å²) in [7, 11) is 0. The fourth-order valence-electron chi connectivity index (χ4n) is 2.73. The molecule has 0 bridgehead atoms. The van der Waals surface area contributed by atoms with Crippen molar-refractivity contribution in [3.05, 3.63) is 34.4 Å². The first-order valence-corrected chi connectivity index (χ1v) is 9.41. The number of halogens is 1. The second-order valence-corrected chi connectivity index (χ2v) is 7.41. The molecule has 4 rings (SSSR count). The zero-order valence-corrected chi connectivity index (χ0v) is 15.5. The van der Waals surface area contributed by atoms with Crippen molar-refractivity contribution in [3.63, 3.8) is 0 Å². The van der Waals surface area contributed by atoms with Crippen LogP contribution in [-0.2, 0) is 0 Å². The third-order valence-electron chi connectivity index (χ3n) is 3.97. The quantitative estimate of drug-likeness (QED) is 0.673. The molecule has 1 saturated heterocycles. The monoisotopic (exact) mass is 418 g/mol. The van der Waals surface area contributed by atoms with Crippen molar-refractivity contribution in [3.8, 4) is 22.1 Å². The van der Waals surface area contributed by atoms with Crippen molar-refractivity contribution in [2.24, 2.45) is 0 Å². The Balaban J connectivity index is 1.77. The van der Waals surface area contributed by atoms with Gasteiger partial charge in [0.1, 0.15) is 16.4 Å². The number of nitrogens with two attached hydrogens (primary N) is 1. The number of aromatic nitrogens is 4. The average molecular weight is 419 g/mol. The molecule has 3 aromatic rings. The zero-order valence-electron chi connectivity index (χ0n) is 13.1. The van der Waals surface area contributed by atoms with Crippen molar-refractivity contribution in [2.75, 3.05) is 23.7 Å². The summed E-state index contributed by atoms with van der Waals surface area (Å²) in [5.41, 5.74) is 8.75. The third-order valence-corrected chi connectivity index (χ3v) is 5.60. The number of anilines is 2. The Kier molecular flexibility index (Phi) is 4.36. The van der Waals surface area contributed by atoms with Gasteiger partial charge in [0, 0.05) is 30.9 Å². The van der Waals surface area contributed by atoms with Gasteiger partial charge < -0.3 is 15.7 Å². The molecule has 0 spiro atoms. The number of hydrogen-bond acceptors (Lipinski definition) is 8. The Morgan fingerprint density at radius 1 is 1.24 bits per heavy atom. The highest BCUT2D eigenvalue weighted by atomic mass is 79.9. The van der Waals surface area contributed by atoms with Gasteiger partial charge in [0.25, 0.3) is 0 Å². The minimum atomic E-state index is -0.332. The molecule has 3 N–H and O–H groups in total. The SMILES string of the molecule is Nc1cc(-c2nccs2)nc(-c2ccnc(N3CC[C@@H](O)C3)n2)c1Br. The molecule has 0 unspecified atom stereocenters. The molecule has 1 aliphatic heterocycles. The van der Waals surface area contributed by atoms with E-state index < -0.39 is 0 Å². The fourth-order valence-corrected chi connectivity index (χ4v) is 3.74. The summed E-state index contributed by atoms with van der Waals surface area (Å²) in [5, 5.41) is 12.4. The van der Waals surface area contributed by atoms with Gasteiger partial charge in [-0.25, -0.2) is 19.9 Å². The van der Waals surface area contributed by atoms with Gasteiger partial charge in [-0.05, 0) is 34.5 Å². The van der Waals surface area contributed by atoms with E-state index in [9.17, 15) is 5.11 Å². The second-order valence-electron chi connectivity index (χ2n) is 5.73. The topological polar surface area (TPSA) is 101 Å². The molecular weight excluding hydrogens is 404 g/mol. The van der Waals surface area contributed by atoms with Crippen molar-refractivity contribution < 1.29 is 5.11 Å². The molecular formula is C16H15BrN6OS. The van der Waals surface area contributed by atoms with E-state index >= 15 is 0 Å². The van der Waals surface area contributed by atoms with Gasteiger partial charge in [-0.3, -0.25) is 0 Å². The number of pyridine rings is 1. The van der Waals surface area contributed by atoms with E-state index in [2.05, 4.69) is 30.9 Å². The normalized spacial score (nSPS) is 17.2. The molecule has 0 radical (unpaired) electrons. The van der Waals surface area contributed by atoms with Gasteiger partial charge in [0.2, 0.25) is 5.95 Å². The van der Waals surface area contributed by atoms with E-state index in [1.807, 2.05) is 10.3 Å². The Morgan fingerprint density at radius 2 is 2.12 bits per heavy atom. The zero-order chi connectivity index (χ0) is 17.4. The molecule has 3 aromatic heterocycles.